The molecule has 3 aromatic carbocycles. The predicted octanol–water partition coefficient (Wildman–Crippen LogP) is 5.10. The normalized spacial score (nSPS) is 10.8. The third kappa shape index (κ3) is 4.77. The maximum Gasteiger partial charge on any atom is 0.258 e. The molecule has 0 saturated carbocycles. The van der Waals surface area contributed by atoms with Crippen LogP contribution in [-0.2, 0) is 11.3 Å². The molecule has 0 unspecified atom stereocenters. The molecule has 0 aliphatic carbocycles. The molecule has 0 aliphatic rings. The van der Waals surface area contributed by atoms with Crippen LogP contribution in [0.15, 0.2) is 91.0 Å². The zero-order valence-electron chi connectivity index (χ0n) is 20.1. The number of carbonyl (C=O) groups is 1. The second-order valence-electron chi connectivity index (χ2n) is 8.32. The topological polar surface area (TPSA) is 78.3 Å². The number of hydrogen-bond acceptors (Lipinski definition) is 5. The highest BCUT2D eigenvalue weighted by Crippen LogP contribution is 2.33. The summed E-state index contributed by atoms with van der Waals surface area (Å²) in [5.41, 5.74) is 5.27. The van der Waals surface area contributed by atoms with Crippen molar-refractivity contribution >= 4 is 16.9 Å². The lowest BCUT2D eigenvalue weighted by atomic mass is 10.1. The fraction of sp³-hybridized carbons (Fsp3) is 0.138. The van der Waals surface area contributed by atoms with E-state index in [-0.39, 0.29) is 12.5 Å². The maximum atomic E-state index is 12.5. The average Bonchev–Trinajstić information content (AvgIpc) is 3.32. The highest BCUT2D eigenvalue weighted by molar-refractivity contribution is 5.95. The first-order chi connectivity index (χ1) is 17.6. The molecule has 7 heteroatoms. The largest absolute Gasteiger partial charge is 0.496 e. The average molecular weight is 479 g/mol. The van der Waals surface area contributed by atoms with Crippen molar-refractivity contribution in [1.82, 2.24) is 20.1 Å². The van der Waals surface area contributed by atoms with Crippen LogP contribution in [0.4, 0.5) is 0 Å². The number of hydrogen-bond donors (Lipinski definition) is 1. The van der Waals surface area contributed by atoms with Gasteiger partial charge in [0.15, 0.2) is 12.3 Å². The molecule has 0 radical (unpaired) electrons. The SMILES string of the molecule is COc1ccccc1CNC(=O)COc1cc(C)c2c(-c3ccccc3)nn(-c3ccccc3)c2n1. The van der Waals surface area contributed by atoms with Crippen molar-refractivity contribution in [2.24, 2.45) is 0 Å². The van der Waals surface area contributed by atoms with Crippen molar-refractivity contribution in [2.45, 2.75) is 13.5 Å². The van der Waals surface area contributed by atoms with Crippen molar-refractivity contribution in [1.29, 1.82) is 0 Å². The lowest BCUT2D eigenvalue weighted by Crippen LogP contribution is -2.28. The summed E-state index contributed by atoms with van der Waals surface area (Å²) in [7, 11) is 1.61. The van der Waals surface area contributed by atoms with Crippen molar-refractivity contribution < 1.29 is 14.3 Å². The van der Waals surface area contributed by atoms with Crippen LogP contribution in [0, 0.1) is 6.92 Å². The van der Waals surface area contributed by atoms with Gasteiger partial charge < -0.3 is 14.8 Å². The summed E-state index contributed by atoms with van der Waals surface area (Å²) in [4.78, 5) is 17.2. The van der Waals surface area contributed by atoms with Crippen LogP contribution in [0.3, 0.4) is 0 Å². The van der Waals surface area contributed by atoms with E-state index in [0.29, 0.717) is 18.1 Å². The Morgan fingerprint density at radius 3 is 2.39 bits per heavy atom. The van der Waals surface area contributed by atoms with E-state index in [1.807, 2.05) is 103 Å². The van der Waals surface area contributed by atoms with Crippen LogP contribution >= 0.6 is 0 Å². The third-order valence-corrected chi connectivity index (χ3v) is 5.88. The van der Waals surface area contributed by atoms with Crippen LogP contribution in [0.1, 0.15) is 11.1 Å². The summed E-state index contributed by atoms with van der Waals surface area (Å²) in [5.74, 6) is 0.844. The number of benzene rings is 3. The van der Waals surface area contributed by atoms with Gasteiger partial charge in [-0.15, -0.1) is 0 Å². The minimum Gasteiger partial charge on any atom is -0.496 e. The van der Waals surface area contributed by atoms with Gasteiger partial charge in [0.25, 0.3) is 5.91 Å². The van der Waals surface area contributed by atoms with Crippen molar-refractivity contribution in [3.05, 3.63) is 102 Å². The number of aryl methyl sites for hydroxylation is 1. The van der Waals surface area contributed by atoms with Gasteiger partial charge in [0.2, 0.25) is 5.88 Å². The zero-order valence-corrected chi connectivity index (χ0v) is 20.1. The number of para-hydroxylation sites is 2. The fourth-order valence-corrected chi connectivity index (χ4v) is 4.12. The van der Waals surface area contributed by atoms with E-state index in [1.54, 1.807) is 7.11 Å². The molecule has 1 amide bonds. The van der Waals surface area contributed by atoms with E-state index < -0.39 is 0 Å². The molecule has 0 fully saturated rings. The van der Waals surface area contributed by atoms with Gasteiger partial charge >= 0.3 is 0 Å². The van der Waals surface area contributed by atoms with E-state index in [9.17, 15) is 4.79 Å². The molecular formula is C29H26N4O3. The Balaban J connectivity index is 1.41. The summed E-state index contributed by atoms with van der Waals surface area (Å²) in [6, 6.07) is 29.3. The van der Waals surface area contributed by atoms with Gasteiger partial charge in [0.1, 0.15) is 11.4 Å². The molecule has 36 heavy (non-hydrogen) atoms. The van der Waals surface area contributed by atoms with E-state index in [0.717, 1.165) is 39.2 Å². The second kappa shape index (κ2) is 10.3. The monoisotopic (exact) mass is 478 g/mol. The van der Waals surface area contributed by atoms with Crippen LogP contribution in [0.2, 0.25) is 0 Å². The first-order valence-electron chi connectivity index (χ1n) is 11.7. The number of fused-ring (bicyclic) bond motifs is 1. The van der Waals surface area contributed by atoms with Gasteiger partial charge in [-0.1, -0.05) is 66.7 Å². The molecule has 0 atom stereocenters. The maximum absolute atomic E-state index is 12.5. The van der Waals surface area contributed by atoms with E-state index in [2.05, 4.69) is 5.32 Å². The van der Waals surface area contributed by atoms with Gasteiger partial charge in [-0.25, -0.2) is 4.68 Å². The molecule has 0 spiro atoms. The number of rotatable bonds is 8. The summed E-state index contributed by atoms with van der Waals surface area (Å²) < 4.78 is 13.0. The van der Waals surface area contributed by atoms with E-state index >= 15 is 0 Å². The Labute approximate surface area is 209 Å². The lowest BCUT2D eigenvalue weighted by molar-refractivity contribution is -0.123. The standard InChI is InChI=1S/C29H26N4O3/c1-20-17-26(36-19-25(34)30-18-22-13-9-10-16-24(22)35-2)31-29-27(20)28(21-11-5-3-6-12-21)32-33(29)23-14-7-4-8-15-23/h3-17H,18-19H2,1-2H3,(H,30,34). The van der Waals surface area contributed by atoms with Crippen LogP contribution < -0.4 is 14.8 Å². The Kier molecular flexibility index (Phi) is 6.62. The number of ether oxygens (including phenoxy) is 2. The van der Waals surface area contributed by atoms with E-state index in [4.69, 9.17) is 19.6 Å². The van der Waals surface area contributed by atoms with Gasteiger partial charge in [-0.05, 0) is 30.7 Å². The molecule has 0 bridgehead atoms. The Hall–Kier alpha value is -4.65. The fourth-order valence-electron chi connectivity index (χ4n) is 4.12. The first kappa shape index (κ1) is 23.1. The van der Waals surface area contributed by atoms with Crippen LogP contribution in [0.25, 0.3) is 28.0 Å². The Morgan fingerprint density at radius 1 is 0.944 bits per heavy atom. The van der Waals surface area contributed by atoms with Crippen LogP contribution in [-0.4, -0.2) is 34.4 Å². The van der Waals surface area contributed by atoms with Crippen molar-refractivity contribution in [3.63, 3.8) is 0 Å². The second-order valence-corrected chi connectivity index (χ2v) is 8.32. The quantitative estimate of drug-likeness (QED) is 0.336. The van der Waals surface area contributed by atoms with Gasteiger partial charge in [-0.2, -0.15) is 10.1 Å². The van der Waals surface area contributed by atoms with Gasteiger partial charge in [0, 0.05) is 23.7 Å². The van der Waals surface area contributed by atoms with Gasteiger partial charge in [0.05, 0.1) is 18.2 Å². The zero-order chi connectivity index (χ0) is 24.9. The smallest absolute Gasteiger partial charge is 0.258 e. The van der Waals surface area contributed by atoms with Crippen molar-refractivity contribution in [2.75, 3.05) is 13.7 Å². The van der Waals surface area contributed by atoms with Crippen molar-refractivity contribution in [3.8, 4) is 28.6 Å². The number of aromatic nitrogens is 3. The number of carbonyl (C=O) groups excluding carboxylic acids is 1. The highest BCUT2D eigenvalue weighted by Gasteiger charge is 2.19. The Bertz CT molecular complexity index is 1500. The number of nitrogens with one attached hydrogen (secondary N) is 1. The minimum atomic E-state index is -0.248. The molecule has 5 aromatic rings. The summed E-state index contributed by atoms with van der Waals surface area (Å²) in [6.07, 6.45) is 0. The van der Waals surface area contributed by atoms with E-state index in [1.165, 1.54) is 0 Å². The molecule has 0 saturated heterocycles. The molecule has 1 N–H and O–H groups in total. The molecule has 2 aromatic heterocycles. The minimum absolute atomic E-state index is 0.155. The summed E-state index contributed by atoms with van der Waals surface area (Å²) >= 11 is 0. The number of methoxy groups -OCH3 is 1. The summed E-state index contributed by atoms with van der Waals surface area (Å²) in [6.45, 7) is 2.19. The first-order valence-corrected chi connectivity index (χ1v) is 11.7. The van der Waals surface area contributed by atoms with Gasteiger partial charge in [-0.3, -0.25) is 4.79 Å². The number of amides is 1. The molecular weight excluding hydrogens is 452 g/mol. The molecule has 5 rings (SSSR count). The molecule has 180 valence electrons. The number of pyridine rings is 1. The molecule has 7 nitrogen and oxygen atoms in total. The molecule has 2 heterocycles. The number of nitrogens with zero attached hydrogens (tertiary/aromatic N) is 3. The lowest BCUT2D eigenvalue weighted by Gasteiger charge is -2.11. The third-order valence-electron chi connectivity index (χ3n) is 5.88. The predicted molar refractivity (Wildman–Crippen MR) is 139 cm³/mol. The molecule has 0 aliphatic heterocycles. The highest BCUT2D eigenvalue weighted by atomic mass is 16.5. The van der Waals surface area contributed by atoms with Crippen LogP contribution in [0.5, 0.6) is 11.6 Å². The summed E-state index contributed by atoms with van der Waals surface area (Å²) in [5, 5.41) is 8.73. The Morgan fingerprint density at radius 2 is 1.64 bits per heavy atom.